The quantitative estimate of drug-likeness (QED) is 0.192. The molecule has 0 unspecified atom stereocenters. The summed E-state index contributed by atoms with van der Waals surface area (Å²) in [7, 11) is 0. The summed E-state index contributed by atoms with van der Waals surface area (Å²) >= 11 is 0. The molecule has 1 aromatic carbocycles. The van der Waals surface area contributed by atoms with Crippen molar-refractivity contribution in [1.82, 2.24) is 4.98 Å². The number of unbranched alkanes of at least 4 members (excludes halogenated alkanes) is 5. The van der Waals surface area contributed by atoms with Crippen LogP contribution in [-0.2, 0) is 24.0 Å². The molecular formula is C30H39FN2O5. The Bertz CT molecular complexity index is 1140. The molecule has 1 aliphatic heterocycles. The fourth-order valence-electron chi connectivity index (χ4n) is 4.84. The van der Waals surface area contributed by atoms with Crippen molar-refractivity contribution in [2.24, 2.45) is 17.0 Å². The van der Waals surface area contributed by atoms with Gasteiger partial charge >= 0.3 is 5.97 Å². The number of esters is 1. The van der Waals surface area contributed by atoms with E-state index >= 15 is 0 Å². The second-order valence-electron chi connectivity index (χ2n) is 10.3. The summed E-state index contributed by atoms with van der Waals surface area (Å²) in [5.74, 6) is -3.16. The Morgan fingerprint density at radius 3 is 2.53 bits per heavy atom. The molecule has 1 aromatic heterocycles. The molecule has 2 heterocycles. The molecule has 0 radical (unpaired) electrons. The molecule has 7 nitrogen and oxygen atoms in total. The van der Waals surface area contributed by atoms with Gasteiger partial charge < -0.3 is 9.57 Å². The monoisotopic (exact) mass is 526 g/mol. The van der Waals surface area contributed by atoms with Gasteiger partial charge in [-0.15, -0.1) is 0 Å². The Morgan fingerprint density at radius 1 is 1.05 bits per heavy atom. The van der Waals surface area contributed by atoms with Crippen LogP contribution in [-0.4, -0.2) is 47.1 Å². The highest BCUT2D eigenvalue weighted by atomic mass is 19.1. The largest absolute Gasteiger partial charge is 0.466 e. The molecule has 206 valence electrons. The predicted molar refractivity (Wildman–Crippen MR) is 145 cm³/mol. The summed E-state index contributed by atoms with van der Waals surface area (Å²) in [6, 6.07) is 9.64. The lowest BCUT2D eigenvalue weighted by Gasteiger charge is -2.30. The number of ketones is 2. The van der Waals surface area contributed by atoms with Crippen molar-refractivity contribution in [2.75, 3.05) is 13.3 Å². The van der Waals surface area contributed by atoms with Gasteiger partial charge in [0.05, 0.1) is 18.7 Å². The van der Waals surface area contributed by atoms with Gasteiger partial charge in [0.1, 0.15) is 12.4 Å². The number of hydrogen-bond donors (Lipinski definition) is 0. The highest BCUT2D eigenvalue weighted by Gasteiger charge is 2.50. The number of carbonyl (C=O) groups is 3. The van der Waals surface area contributed by atoms with Crippen LogP contribution in [0, 0.1) is 11.8 Å². The third-order valence-electron chi connectivity index (χ3n) is 7.29. The lowest BCUT2D eigenvalue weighted by Crippen LogP contribution is -2.45. The van der Waals surface area contributed by atoms with Gasteiger partial charge in [0.2, 0.25) is 5.60 Å². The van der Waals surface area contributed by atoms with Crippen LogP contribution < -0.4 is 0 Å². The maximum absolute atomic E-state index is 13.6. The summed E-state index contributed by atoms with van der Waals surface area (Å²) in [6.07, 6.45) is 7.48. The highest BCUT2D eigenvalue weighted by molar-refractivity contribution is 6.12. The van der Waals surface area contributed by atoms with Crippen LogP contribution in [0.15, 0.2) is 41.7 Å². The lowest BCUT2D eigenvalue weighted by atomic mass is 9.77. The van der Waals surface area contributed by atoms with Gasteiger partial charge in [-0.1, -0.05) is 82.3 Å². The number of benzene rings is 1. The molecule has 8 heteroatoms. The summed E-state index contributed by atoms with van der Waals surface area (Å²) in [5.41, 5.74) is -0.158. The number of carbonyl (C=O) groups excluding carboxylic acids is 3. The third-order valence-corrected chi connectivity index (χ3v) is 7.29. The second kappa shape index (κ2) is 14.1. The summed E-state index contributed by atoms with van der Waals surface area (Å²) in [4.78, 5) is 48.7. The first-order valence-corrected chi connectivity index (χ1v) is 13.7. The zero-order valence-electron chi connectivity index (χ0n) is 22.7. The fourth-order valence-corrected chi connectivity index (χ4v) is 4.84. The Balaban J connectivity index is 1.65. The number of hydrogen-bond acceptors (Lipinski definition) is 7. The van der Waals surface area contributed by atoms with E-state index in [1.807, 2.05) is 44.2 Å². The number of Topliss-reactive ketones (excluding diaryl/α,β-unsaturated/α-hetero) is 2. The van der Waals surface area contributed by atoms with Crippen molar-refractivity contribution in [3.05, 3.63) is 42.2 Å². The van der Waals surface area contributed by atoms with E-state index in [9.17, 15) is 18.8 Å². The number of oxime groups is 1. The average molecular weight is 527 g/mol. The topological polar surface area (TPSA) is 94.9 Å². The second-order valence-corrected chi connectivity index (χ2v) is 10.3. The molecule has 0 saturated carbocycles. The SMILES string of the molecule is CCCCCCCCOC(=O)C[C@H](CC(=O)[C@]1(C(C)C)CC(c2nccc3ccccc23)=NO1)C(=O)CF. The maximum atomic E-state index is 13.6. The van der Waals surface area contributed by atoms with E-state index in [4.69, 9.17) is 9.57 Å². The van der Waals surface area contributed by atoms with E-state index < -0.39 is 29.9 Å². The number of aromatic nitrogens is 1. The van der Waals surface area contributed by atoms with Crippen LogP contribution in [0.5, 0.6) is 0 Å². The van der Waals surface area contributed by atoms with E-state index in [1.54, 1.807) is 6.20 Å². The zero-order valence-corrected chi connectivity index (χ0v) is 22.7. The Labute approximate surface area is 224 Å². The molecule has 0 bridgehead atoms. The molecule has 2 atom stereocenters. The lowest BCUT2D eigenvalue weighted by molar-refractivity contribution is -0.152. The molecule has 38 heavy (non-hydrogen) atoms. The van der Waals surface area contributed by atoms with Crippen molar-refractivity contribution in [2.45, 2.75) is 84.2 Å². The maximum Gasteiger partial charge on any atom is 0.306 e. The van der Waals surface area contributed by atoms with E-state index in [0.717, 1.165) is 42.9 Å². The summed E-state index contributed by atoms with van der Waals surface area (Å²) < 4.78 is 18.7. The molecule has 2 aromatic rings. The van der Waals surface area contributed by atoms with Crippen LogP contribution in [0.2, 0.25) is 0 Å². The van der Waals surface area contributed by atoms with Gasteiger partial charge in [-0.25, -0.2) is 4.39 Å². The minimum atomic E-state index is -1.33. The molecule has 0 spiro atoms. The molecule has 3 rings (SSSR count). The predicted octanol–water partition coefficient (Wildman–Crippen LogP) is 6.16. The first-order chi connectivity index (χ1) is 18.3. The number of halogens is 1. The van der Waals surface area contributed by atoms with E-state index in [0.29, 0.717) is 11.4 Å². The fraction of sp³-hybridized carbons (Fsp3) is 0.567. The number of alkyl halides is 1. The molecule has 0 fully saturated rings. The van der Waals surface area contributed by atoms with Crippen molar-refractivity contribution in [3.8, 4) is 0 Å². The third kappa shape index (κ3) is 7.23. The minimum absolute atomic E-state index is 0.170. The molecular weight excluding hydrogens is 487 g/mol. The van der Waals surface area contributed by atoms with E-state index in [2.05, 4.69) is 17.1 Å². The number of rotatable bonds is 16. The molecule has 0 aliphatic carbocycles. The van der Waals surface area contributed by atoms with Crippen LogP contribution in [0.25, 0.3) is 10.8 Å². The van der Waals surface area contributed by atoms with E-state index in [-0.39, 0.29) is 37.6 Å². The standard InChI is InChI=1S/C30H39FN2O5/c1-4-5-6-7-8-11-16-37-28(36)18-23(26(34)20-31)17-27(35)30(21(2)3)19-25(33-38-30)29-24-13-10-9-12-22(24)14-15-32-29/h9-10,12-15,21,23H,4-8,11,16-20H2,1-3H3/t23-,30+/m0/s1. The van der Waals surface area contributed by atoms with Crippen LogP contribution >= 0.6 is 0 Å². The number of pyridine rings is 1. The smallest absolute Gasteiger partial charge is 0.306 e. The van der Waals surface area contributed by atoms with Crippen LogP contribution in [0.3, 0.4) is 0 Å². The molecule has 0 N–H and O–H groups in total. The van der Waals surface area contributed by atoms with Gasteiger partial charge in [-0.2, -0.15) is 0 Å². The highest BCUT2D eigenvalue weighted by Crippen LogP contribution is 2.37. The normalized spacial score (nSPS) is 17.8. The summed E-state index contributed by atoms with van der Waals surface area (Å²) in [6.45, 7) is 4.84. The van der Waals surface area contributed by atoms with Crippen LogP contribution in [0.4, 0.5) is 4.39 Å². The van der Waals surface area contributed by atoms with E-state index in [1.165, 1.54) is 6.42 Å². The first kappa shape index (κ1) is 29.4. The Kier molecular flexibility index (Phi) is 10.9. The molecule has 0 amide bonds. The zero-order chi connectivity index (χ0) is 27.5. The van der Waals surface area contributed by atoms with Crippen molar-refractivity contribution in [3.63, 3.8) is 0 Å². The van der Waals surface area contributed by atoms with Crippen molar-refractivity contribution in [1.29, 1.82) is 0 Å². The number of ether oxygens (including phenoxy) is 1. The van der Waals surface area contributed by atoms with Gasteiger partial charge in [0.25, 0.3) is 0 Å². The van der Waals surface area contributed by atoms with Gasteiger partial charge in [-0.05, 0) is 17.9 Å². The van der Waals surface area contributed by atoms with Gasteiger partial charge in [0, 0.05) is 36.3 Å². The van der Waals surface area contributed by atoms with Crippen molar-refractivity contribution >= 4 is 34.0 Å². The van der Waals surface area contributed by atoms with Gasteiger partial charge in [-0.3, -0.25) is 19.4 Å². The van der Waals surface area contributed by atoms with Crippen molar-refractivity contribution < 1.29 is 28.3 Å². The number of fused-ring (bicyclic) bond motifs is 1. The number of nitrogens with zero attached hydrogens (tertiary/aromatic N) is 2. The Hall–Kier alpha value is -3.16. The molecule has 1 aliphatic rings. The minimum Gasteiger partial charge on any atom is -0.466 e. The van der Waals surface area contributed by atoms with Crippen LogP contribution in [0.1, 0.15) is 84.3 Å². The summed E-state index contributed by atoms with van der Waals surface area (Å²) in [5, 5.41) is 6.12. The first-order valence-electron chi connectivity index (χ1n) is 13.7. The Morgan fingerprint density at radius 2 is 1.79 bits per heavy atom. The molecule has 0 saturated heterocycles. The van der Waals surface area contributed by atoms with Gasteiger partial charge in [0.15, 0.2) is 11.6 Å². The average Bonchev–Trinajstić information content (AvgIpc) is 3.38.